The van der Waals surface area contributed by atoms with Crippen LogP contribution in [0.1, 0.15) is 22.9 Å². The third kappa shape index (κ3) is 3.94. The second kappa shape index (κ2) is 6.50. The molecule has 0 saturated heterocycles. The summed E-state index contributed by atoms with van der Waals surface area (Å²) in [6.07, 6.45) is 1.08. The molecule has 0 aliphatic heterocycles. The minimum atomic E-state index is 0.493. The van der Waals surface area contributed by atoms with Crippen LogP contribution in [-0.2, 0) is 13.0 Å². The lowest BCUT2D eigenvalue weighted by Gasteiger charge is -2.14. The third-order valence-corrected chi connectivity index (χ3v) is 4.66. The van der Waals surface area contributed by atoms with Gasteiger partial charge in [-0.15, -0.1) is 11.3 Å². The average molecular weight is 324 g/mol. The van der Waals surface area contributed by atoms with Gasteiger partial charge in [-0.2, -0.15) is 0 Å². The first-order chi connectivity index (χ1) is 8.65. The van der Waals surface area contributed by atoms with Crippen LogP contribution < -0.4 is 5.32 Å². The maximum atomic E-state index is 3.58. The summed E-state index contributed by atoms with van der Waals surface area (Å²) < 4.78 is 1.20. The topological polar surface area (TPSA) is 12.0 Å². The number of aryl methyl sites for hydroxylation is 1. The van der Waals surface area contributed by atoms with Gasteiger partial charge < -0.3 is 5.32 Å². The summed E-state index contributed by atoms with van der Waals surface area (Å²) in [6.45, 7) is 5.37. The van der Waals surface area contributed by atoms with Gasteiger partial charge in [0.25, 0.3) is 0 Å². The van der Waals surface area contributed by atoms with Crippen molar-refractivity contribution in [3.63, 3.8) is 0 Å². The van der Waals surface area contributed by atoms with Gasteiger partial charge in [-0.25, -0.2) is 0 Å². The molecule has 0 aliphatic carbocycles. The molecule has 0 amide bonds. The molecule has 1 aromatic carbocycles. The van der Waals surface area contributed by atoms with Crippen molar-refractivity contribution in [2.75, 3.05) is 0 Å². The van der Waals surface area contributed by atoms with Gasteiger partial charge in [0.15, 0.2) is 0 Å². The van der Waals surface area contributed by atoms with Crippen LogP contribution in [0.2, 0.25) is 0 Å². The first-order valence-corrected chi connectivity index (χ1v) is 7.78. The average Bonchev–Trinajstić information content (AvgIpc) is 2.76. The lowest BCUT2D eigenvalue weighted by molar-refractivity contribution is 0.548. The van der Waals surface area contributed by atoms with E-state index in [1.54, 1.807) is 11.3 Å². The van der Waals surface area contributed by atoms with Crippen LogP contribution in [0.4, 0.5) is 0 Å². The largest absolute Gasteiger partial charge is 0.309 e. The number of hydrogen-bond acceptors (Lipinski definition) is 2. The molecule has 1 nitrogen and oxygen atoms in total. The molecule has 1 heterocycles. The quantitative estimate of drug-likeness (QED) is 0.851. The second-order valence-corrected chi connectivity index (χ2v) is 7.17. The van der Waals surface area contributed by atoms with Crippen molar-refractivity contribution in [2.45, 2.75) is 32.9 Å². The van der Waals surface area contributed by atoms with Crippen molar-refractivity contribution >= 4 is 27.3 Å². The molecule has 0 aliphatic rings. The second-order valence-electron chi connectivity index (χ2n) is 4.62. The molecule has 18 heavy (non-hydrogen) atoms. The molecule has 96 valence electrons. The van der Waals surface area contributed by atoms with E-state index in [1.807, 2.05) is 0 Å². The first kappa shape index (κ1) is 13.8. The van der Waals surface area contributed by atoms with E-state index in [0.717, 1.165) is 13.0 Å². The maximum absolute atomic E-state index is 3.58. The van der Waals surface area contributed by atoms with Gasteiger partial charge in [0.05, 0.1) is 3.79 Å². The summed E-state index contributed by atoms with van der Waals surface area (Å²) in [4.78, 5) is 1.37. The minimum Gasteiger partial charge on any atom is -0.309 e. The van der Waals surface area contributed by atoms with Crippen LogP contribution >= 0.6 is 27.3 Å². The molecule has 3 heteroatoms. The molecule has 0 bridgehead atoms. The highest BCUT2D eigenvalue weighted by Crippen LogP contribution is 2.22. The predicted molar refractivity (Wildman–Crippen MR) is 83.2 cm³/mol. The molecule has 1 N–H and O–H groups in total. The van der Waals surface area contributed by atoms with Crippen LogP contribution in [0.15, 0.2) is 40.2 Å². The van der Waals surface area contributed by atoms with Crippen LogP contribution in [0.5, 0.6) is 0 Å². The molecular weight excluding hydrogens is 306 g/mol. The molecule has 0 spiro atoms. The third-order valence-electron chi connectivity index (χ3n) is 3.04. The Labute approximate surface area is 121 Å². The van der Waals surface area contributed by atoms with Crippen LogP contribution in [0.25, 0.3) is 0 Å². The molecule has 2 aromatic rings. The van der Waals surface area contributed by atoms with E-state index in [0.29, 0.717) is 6.04 Å². The molecule has 1 unspecified atom stereocenters. The van der Waals surface area contributed by atoms with E-state index in [4.69, 9.17) is 0 Å². The summed E-state index contributed by atoms with van der Waals surface area (Å²) in [7, 11) is 0. The highest BCUT2D eigenvalue weighted by molar-refractivity contribution is 9.11. The zero-order valence-electron chi connectivity index (χ0n) is 10.7. The molecule has 1 atom stereocenters. The molecule has 0 saturated carbocycles. The number of benzene rings is 1. The Morgan fingerprint density at radius 1 is 1.22 bits per heavy atom. The van der Waals surface area contributed by atoms with Crippen molar-refractivity contribution in [3.05, 3.63) is 56.2 Å². The number of halogens is 1. The Morgan fingerprint density at radius 3 is 2.67 bits per heavy atom. The van der Waals surface area contributed by atoms with Crippen molar-refractivity contribution in [1.29, 1.82) is 0 Å². The van der Waals surface area contributed by atoms with Gasteiger partial charge in [-0.1, -0.05) is 24.3 Å². The summed E-state index contributed by atoms with van der Waals surface area (Å²) in [6, 6.07) is 13.4. The smallest absolute Gasteiger partial charge is 0.0701 e. The van der Waals surface area contributed by atoms with Gasteiger partial charge in [-0.05, 0) is 59.5 Å². The zero-order valence-corrected chi connectivity index (χ0v) is 13.1. The maximum Gasteiger partial charge on any atom is 0.0701 e. The number of hydrogen-bond donors (Lipinski definition) is 1. The van der Waals surface area contributed by atoms with Gasteiger partial charge in [0.1, 0.15) is 0 Å². The Hall–Kier alpha value is -0.640. The van der Waals surface area contributed by atoms with Gasteiger partial charge in [-0.3, -0.25) is 0 Å². The number of thiophene rings is 1. The van der Waals surface area contributed by atoms with E-state index in [-0.39, 0.29) is 0 Å². The fourth-order valence-electron chi connectivity index (χ4n) is 1.96. The molecular formula is C15H18BrNS. The summed E-state index contributed by atoms with van der Waals surface area (Å²) in [5, 5.41) is 3.58. The number of rotatable bonds is 5. The van der Waals surface area contributed by atoms with Crippen molar-refractivity contribution in [3.8, 4) is 0 Å². The first-order valence-electron chi connectivity index (χ1n) is 6.17. The van der Waals surface area contributed by atoms with E-state index in [1.165, 1.54) is 19.8 Å². The number of nitrogens with one attached hydrogen (secondary N) is 1. The van der Waals surface area contributed by atoms with Crippen LogP contribution in [0, 0.1) is 6.92 Å². The Kier molecular flexibility index (Phi) is 4.98. The predicted octanol–water partition coefficient (Wildman–Crippen LogP) is 4.54. The van der Waals surface area contributed by atoms with Gasteiger partial charge in [0, 0.05) is 17.5 Å². The summed E-state index contributed by atoms with van der Waals surface area (Å²) in [5.74, 6) is 0. The molecule has 0 radical (unpaired) electrons. The Balaban J connectivity index is 1.85. The molecule has 1 aromatic heterocycles. The van der Waals surface area contributed by atoms with E-state index in [2.05, 4.69) is 71.5 Å². The fraction of sp³-hybridized carbons (Fsp3) is 0.333. The van der Waals surface area contributed by atoms with E-state index < -0.39 is 0 Å². The molecule has 0 fully saturated rings. The van der Waals surface area contributed by atoms with E-state index >= 15 is 0 Å². The molecule has 2 rings (SSSR count). The minimum absolute atomic E-state index is 0.493. The van der Waals surface area contributed by atoms with Crippen molar-refractivity contribution in [2.24, 2.45) is 0 Å². The lowest BCUT2D eigenvalue weighted by Crippen LogP contribution is -2.27. The van der Waals surface area contributed by atoms with Gasteiger partial charge in [0.2, 0.25) is 0 Å². The highest BCUT2D eigenvalue weighted by atomic mass is 79.9. The van der Waals surface area contributed by atoms with Crippen molar-refractivity contribution in [1.82, 2.24) is 5.32 Å². The van der Waals surface area contributed by atoms with Crippen LogP contribution in [0.3, 0.4) is 0 Å². The lowest BCUT2D eigenvalue weighted by atomic mass is 10.0. The standard InChI is InChI=1S/C15H18BrNS/c1-11-5-3-4-6-13(11)9-12(2)17-10-14-7-8-15(16)18-14/h3-8,12,17H,9-10H2,1-2H3. The Bertz CT molecular complexity index is 507. The SMILES string of the molecule is Cc1ccccc1CC(C)NCc1ccc(Br)s1. The zero-order chi connectivity index (χ0) is 13.0. The van der Waals surface area contributed by atoms with Gasteiger partial charge >= 0.3 is 0 Å². The summed E-state index contributed by atoms with van der Waals surface area (Å²) in [5.41, 5.74) is 2.81. The Morgan fingerprint density at radius 2 is 2.00 bits per heavy atom. The van der Waals surface area contributed by atoms with Crippen LogP contribution in [-0.4, -0.2) is 6.04 Å². The highest BCUT2D eigenvalue weighted by Gasteiger charge is 2.06. The van der Waals surface area contributed by atoms with Crippen molar-refractivity contribution < 1.29 is 0 Å². The van der Waals surface area contributed by atoms with E-state index in [9.17, 15) is 0 Å². The normalized spacial score (nSPS) is 12.6. The summed E-state index contributed by atoms with van der Waals surface area (Å²) >= 11 is 5.29. The monoisotopic (exact) mass is 323 g/mol. The fourth-order valence-corrected chi connectivity index (χ4v) is 3.40.